The molecule has 0 aliphatic carbocycles. The van der Waals surface area contributed by atoms with Crippen molar-refractivity contribution < 1.29 is 0 Å². The van der Waals surface area contributed by atoms with Gasteiger partial charge in [-0.05, 0) is 24.8 Å². The molecule has 1 N–H and O–H groups in total. The van der Waals surface area contributed by atoms with E-state index in [-0.39, 0.29) is 0 Å². The zero-order valence-corrected chi connectivity index (χ0v) is 11.0. The number of allylic oxidation sites excluding steroid dienone is 2. The van der Waals surface area contributed by atoms with Gasteiger partial charge in [0.15, 0.2) is 0 Å². The molecule has 1 aromatic rings. The maximum Gasteiger partial charge on any atom is 0.0704 e. The Kier molecular flexibility index (Phi) is 8.61. The molecule has 0 atom stereocenters. The van der Waals surface area contributed by atoms with Crippen molar-refractivity contribution in [2.75, 3.05) is 13.6 Å². The minimum Gasteiger partial charge on any atom is -0.316 e. The van der Waals surface area contributed by atoms with Crippen LogP contribution in [0.15, 0.2) is 55.3 Å². The van der Waals surface area contributed by atoms with E-state index in [0.29, 0.717) is 0 Å². The van der Waals surface area contributed by atoms with E-state index in [1.165, 1.54) is 0 Å². The molecule has 0 aromatic carbocycles. The number of pyridine rings is 1. The lowest BCUT2D eigenvalue weighted by Crippen LogP contribution is -2.10. The van der Waals surface area contributed by atoms with Gasteiger partial charge in [-0.1, -0.05) is 45.2 Å². The lowest BCUT2D eigenvalue weighted by atomic mass is 10.0. The summed E-state index contributed by atoms with van der Waals surface area (Å²) in [6.45, 7) is 12.4. The minimum atomic E-state index is 0.765. The highest BCUT2D eigenvalue weighted by molar-refractivity contribution is 5.76. The van der Waals surface area contributed by atoms with Gasteiger partial charge in [0, 0.05) is 18.3 Å². The van der Waals surface area contributed by atoms with Crippen LogP contribution in [0.25, 0.3) is 5.57 Å². The maximum atomic E-state index is 4.30. The average molecular weight is 230 g/mol. The Morgan fingerprint density at radius 3 is 2.41 bits per heavy atom. The van der Waals surface area contributed by atoms with E-state index in [1.54, 1.807) is 6.20 Å². The minimum absolute atomic E-state index is 0.765. The number of hydrogen-bond acceptors (Lipinski definition) is 2. The van der Waals surface area contributed by atoms with Crippen molar-refractivity contribution in [1.82, 2.24) is 10.3 Å². The topological polar surface area (TPSA) is 24.9 Å². The van der Waals surface area contributed by atoms with Gasteiger partial charge in [-0.3, -0.25) is 4.98 Å². The molecule has 1 aromatic heterocycles. The summed E-state index contributed by atoms with van der Waals surface area (Å²) in [4.78, 5) is 4.30. The fraction of sp³-hybridized carbons (Fsp3) is 0.267. The molecule has 0 aliphatic heterocycles. The number of rotatable bonds is 5. The smallest absolute Gasteiger partial charge is 0.0704 e. The van der Waals surface area contributed by atoms with Crippen LogP contribution in [0.4, 0.5) is 0 Å². The zero-order valence-electron chi connectivity index (χ0n) is 11.0. The third-order valence-electron chi connectivity index (χ3n) is 2.10. The van der Waals surface area contributed by atoms with Gasteiger partial charge in [-0.15, -0.1) is 0 Å². The summed E-state index contributed by atoms with van der Waals surface area (Å²) >= 11 is 0. The van der Waals surface area contributed by atoms with Gasteiger partial charge in [-0.25, -0.2) is 0 Å². The number of hydrogen-bond donors (Lipinski definition) is 1. The highest BCUT2D eigenvalue weighted by Crippen LogP contribution is 2.17. The van der Waals surface area contributed by atoms with Gasteiger partial charge in [-0.2, -0.15) is 0 Å². The number of likely N-dealkylation sites (N-methyl/N-ethyl adjacent to an activating group) is 1. The third kappa shape index (κ3) is 4.79. The second-order valence-corrected chi connectivity index (χ2v) is 3.09. The molecular formula is C15H22N2. The summed E-state index contributed by atoms with van der Waals surface area (Å²) < 4.78 is 0. The van der Waals surface area contributed by atoms with Crippen molar-refractivity contribution in [3.63, 3.8) is 0 Å². The molecule has 0 aliphatic rings. The molecule has 0 unspecified atom stereocenters. The van der Waals surface area contributed by atoms with Crippen LogP contribution in [0.1, 0.15) is 19.5 Å². The van der Waals surface area contributed by atoms with Crippen molar-refractivity contribution in [2.45, 2.75) is 13.8 Å². The summed E-state index contributed by atoms with van der Waals surface area (Å²) in [6.07, 6.45) is 5.43. The molecule has 0 radical (unpaired) electrons. The zero-order chi connectivity index (χ0) is 13.1. The Hall–Kier alpha value is -1.67. The predicted molar refractivity (Wildman–Crippen MR) is 76.8 cm³/mol. The molecule has 1 heterocycles. The first-order valence-electron chi connectivity index (χ1n) is 5.87. The lowest BCUT2D eigenvalue weighted by Gasteiger charge is -2.07. The summed E-state index contributed by atoms with van der Waals surface area (Å²) in [5.41, 5.74) is 3.06. The predicted octanol–water partition coefficient (Wildman–Crippen LogP) is 3.45. The molecule has 0 saturated carbocycles. The van der Waals surface area contributed by atoms with Crippen LogP contribution in [0.3, 0.4) is 0 Å². The normalized spacial score (nSPS) is 10.8. The van der Waals surface area contributed by atoms with Crippen LogP contribution in [0, 0.1) is 0 Å². The van der Waals surface area contributed by atoms with Crippen molar-refractivity contribution in [3.05, 3.63) is 61.0 Å². The summed E-state index contributed by atoms with van der Waals surface area (Å²) in [7, 11) is 1.91. The maximum absolute atomic E-state index is 4.30. The number of nitrogens with one attached hydrogen (secondary N) is 1. The first kappa shape index (κ1) is 15.3. The van der Waals surface area contributed by atoms with E-state index in [2.05, 4.69) is 23.5 Å². The van der Waals surface area contributed by atoms with E-state index in [1.807, 2.05) is 51.2 Å². The monoisotopic (exact) mass is 230 g/mol. The Balaban J connectivity index is 0.00000121. The Labute approximate surface area is 105 Å². The standard InChI is InChI=1S/C13H16N2.C2H6/c1-4-11(10-14-3)12(5-2)13-8-6-7-9-15-13;1-2/h4-9,14H,1-2,10H2,3H3;1-2H3/b12-11-;. The summed E-state index contributed by atoms with van der Waals surface area (Å²) in [5, 5.41) is 3.10. The quantitative estimate of drug-likeness (QED) is 0.784. The van der Waals surface area contributed by atoms with Crippen molar-refractivity contribution >= 4 is 5.57 Å². The highest BCUT2D eigenvalue weighted by atomic mass is 14.8. The van der Waals surface area contributed by atoms with Crippen LogP contribution < -0.4 is 5.32 Å². The van der Waals surface area contributed by atoms with Crippen LogP contribution >= 0.6 is 0 Å². The Morgan fingerprint density at radius 2 is 2.00 bits per heavy atom. The third-order valence-corrected chi connectivity index (χ3v) is 2.10. The van der Waals surface area contributed by atoms with Crippen molar-refractivity contribution in [2.24, 2.45) is 0 Å². The van der Waals surface area contributed by atoms with Crippen LogP contribution in [0.2, 0.25) is 0 Å². The van der Waals surface area contributed by atoms with Crippen LogP contribution in [-0.4, -0.2) is 18.6 Å². The fourth-order valence-electron chi connectivity index (χ4n) is 1.39. The summed E-state index contributed by atoms with van der Waals surface area (Å²) in [5.74, 6) is 0. The summed E-state index contributed by atoms with van der Waals surface area (Å²) in [6, 6.07) is 5.83. The van der Waals surface area contributed by atoms with Gasteiger partial charge in [0.2, 0.25) is 0 Å². The molecule has 2 nitrogen and oxygen atoms in total. The molecule has 92 valence electrons. The fourth-order valence-corrected chi connectivity index (χ4v) is 1.39. The molecule has 0 fully saturated rings. The number of nitrogens with zero attached hydrogens (tertiary/aromatic N) is 1. The Morgan fingerprint density at radius 1 is 1.29 bits per heavy atom. The lowest BCUT2D eigenvalue weighted by molar-refractivity contribution is 0.897. The molecular weight excluding hydrogens is 208 g/mol. The second-order valence-electron chi connectivity index (χ2n) is 3.09. The van der Waals surface area contributed by atoms with Gasteiger partial charge in [0.1, 0.15) is 0 Å². The van der Waals surface area contributed by atoms with Gasteiger partial charge in [0.25, 0.3) is 0 Å². The van der Waals surface area contributed by atoms with Gasteiger partial charge < -0.3 is 5.32 Å². The molecule has 0 spiro atoms. The van der Waals surface area contributed by atoms with E-state index in [9.17, 15) is 0 Å². The van der Waals surface area contributed by atoms with Crippen molar-refractivity contribution in [3.8, 4) is 0 Å². The molecule has 0 amide bonds. The molecule has 0 bridgehead atoms. The average Bonchev–Trinajstić information content (AvgIpc) is 2.42. The Bertz CT molecular complexity index is 364. The molecule has 0 saturated heterocycles. The van der Waals surface area contributed by atoms with Gasteiger partial charge in [0.05, 0.1) is 5.69 Å². The first-order valence-corrected chi connectivity index (χ1v) is 5.87. The molecule has 17 heavy (non-hydrogen) atoms. The van der Waals surface area contributed by atoms with Gasteiger partial charge >= 0.3 is 0 Å². The van der Waals surface area contributed by atoms with Crippen LogP contribution in [0.5, 0.6) is 0 Å². The largest absolute Gasteiger partial charge is 0.316 e. The first-order chi connectivity index (χ1) is 8.33. The van der Waals surface area contributed by atoms with Crippen molar-refractivity contribution in [1.29, 1.82) is 0 Å². The number of aromatic nitrogens is 1. The molecule has 1 rings (SSSR count). The second kappa shape index (κ2) is 9.55. The molecule has 2 heteroatoms. The van der Waals surface area contributed by atoms with E-state index >= 15 is 0 Å². The SMILES string of the molecule is C=C/C(CNC)=C(\C=C)c1ccccn1.CC. The highest BCUT2D eigenvalue weighted by Gasteiger charge is 2.03. The van der Waals surface area contributed by atoms with Crippen LogP contribution in [-0.2, 0) is 0 Å². The van der Waals surface area contributed by atoms with E-state index < -0.39 is 0 Å². The van der Waals surface area contributed by atoms with E-state index in [0.717, 1.165) is 23.4 Å². The van der Waals surface area contributed by atoms with E-state index in [4.69, 9.17) is 0 Å².